The highest BCUT2D eigenvalue weighted by atomic mass is 32.1. The lowest BCUT2D eigenvalue weighted by atomic mass is 10.0. The molecule has 5 rings (SSSR count). The fourth-order valence-corrected chi connectivity index (χ4v) is 5.78. The molecule has 0 spiro atoms. The van der Waals surface area contributed by atoms with Gasteiger partial charge in [-0.2, -0.15) is 4.98 Å². The minimum atomic E-state index is -2.66. The van der Waals surface area contributed by atoms with Gasteiger partial charge >= 0.3 is 0 Å². The minimum Gasteiger partial charge on any atom is -0.367 e. The van der Waals surface area contributed by atoms with Crippen LogP contribution in [0.15, 0.2) is 12.3 Å². The van der Waals surface area contributed by atoms with E-state index in [0.29, 0.717) is 42.9 Å². The van der Waals surface area contributed by atoms with Gasteiger partial charge in [0.15, 0.2) is 0 Å². The van der Waals surface area contributed by atoms with Crippen molar-refractivity contribution in [1.29, 1.82) is 0 Å². The topological polar surface area (TPSA) is 75.6 Å². The Morgan fingerprint density at radius 1 is 1.15 bits per heavy atom. The molecule has 6 nitrogen and oxygen atoms in total. The number of nitrogens with zero attached hydrogens (tertiary/aromatic N) is 4. The van der Waals surface area contributed by atoms with E-state index in [2.05, 4.69) is 29.5 Å². The Hall–Kier alpha value is -2.42. The zero-order chi connectivity index (χ0) is 24.0. The number of thiazole rings is 1. The van der Waals surface area contributed by atoms with Gasteiger partial charge in [0.1, 0.15) is 16.3 Å². The second-order valence-electron chi connectivity index (χ2n) is 10.3. The van der Waals surface area contributed by atoms with Gasteiger partial charge in [-0.05, 0) is 57.9 Å². The molecule has 0 saturated heterocycles. The van der Waals surface area contributed by atoms with Crippen molar-refractivity contribution in [2.75, 3.05) is 17.2 Å². The lowest BCUT2D eigenvalue weighted by molar-refractivity contribution is -0.0369. The molecule has 182 valence electrons. The van der Waals surface area contributed by atoms with Crippen LogP contribution in [0.2, 0.25) is 0 Å². The summed E-state index contributed by atoms with van der Waals surface area (Å²) in [6.45, 7) is 8.00. The third kappa shape index (κ3) is 4.85. The minimum absolute atomic E-state index is 0.0557. The number of aryl methyl sites for hydroxylation is 1. The molecule has 3 aromatic heterocycles. The maximum atomic E-state index is 13.9. The van der Waals surface area contributed by atoms with Crippen LogP contribution in [-0.2, 0) is 0 Å². The zero-order valence-corrected chi connectivity index (χ0v) is 21.0. The average molecular weight is 487 g/mol. The summed E-state index contributed by atoms with van der Waals surface area (Å²) in [6.07, 6.45) is 5.82. The lowest BCUT2D eigenvalue weighted by Gasteiger charge is -2.20. The molecule has 2 atom stereocenters. The van der Waals surface area contributed by atoms with Crippen LogP contribution in [0.1, 0.15) is 70.2 Å². The van der Waals surface area contributed by atoms with Crippen molar-refractivity contribution in [3.05, 3.63) is 23.7 Å². The smallest absolute Gasteiger partial charge is 0.248 e. The van der Waals surface area contributed by atoms with Gasteiger partial charge in [0, 0.05) is 30.6 Å². The first-order valence-electron chi connectivity index (χ1n) is 12.2. The van der Waals surface area contributed by atoms with Crippen LogP contribution in [0.3, 0.4) is 0 Å². The van der Waals surface area contributed by atoms with Crippen molar-refractivity contribution in [1.82, 2.24) is 19.9 Å². The van der Waals surface area contributed by atoms with E-state index in [-0.39, 0.29) is 6.04 Å². The zero-order valence-electron chi connectivity index (χ0n) is 20.2. The highest BCUT2D eigenvalue weighted by Gasteiger charge is 2.40. The molecule has 34 heavy (non-hydrogen) atoms. The van der Waals surface area contributed by atoms with E-state index in [0.717, 1.165) is 58.5 Å². The van der Waals surface area contributed by atoms with Crippen LogP contribution in [0.25, 0.3) is 20.8 Å². The van der Waals surface area contributed by atoms with Crippen molar-refractivity contribution in [2.45, 2.75) is 77.7 Å². The molecular formula is C25H32F2N6S. The van der Waals surface area contributed by atoms with E-state index >= 15 is 0 Å². The summed E-state index contributed by atoms with van der Waals surface area (Å²) in [5, 5.41) is 7.65. The molecule has 0 aliphatic heterocycles. The van der Waals surface area contributed by atoms with Crippen LogP contribution < -0.4 is 10.6 Å². The Morgan fingerprint density at radius 2 is 1.94 bits per heavy atom. The van der Waals surface area contributed by atoms with Gasteiger partial charge < -0.3 is 10.6 Å². The number of halogens is 2. The number of hydrogen-bond acceptors (Lipinski definition) is 7. The number of alkyl halides is 2. The van der Waals surface area contributed by atoms with E-state index in [1.54, 1.807) is 11.3 Å². The molecule has 2 unspecified atom stereocenters. The van der Waals surface area contributed by atoms with Gasteiger partial charge in [-0.15, -0.1) is 11.3 Å². The van der Waals surface area contributed by atoms with E-state index in [1.165, 1.54) is 0 Å². The Morgan fingerprint density at radius 3 is 2.62 bits per heavy atom. The molecule has 0 aromatic carbocycles. The first-order chi connectivity index (χ1) is 16.2. The van der Waals surface area contributed by atoms with E-state index in [4.69, 9.17) is 15.0 Å². The Labute approximate surface area is 203 Å². The molecule has 2 aliphatic carbocycles. The number of hydrogen-bond donors (Lipinski definition) is 2. The van der Waals surface area contributed by atoms with Crippen LogP contribution >= 0.6 is 11.3 Å². The first kappa shape index (κ1) is 23.3. The van der Waals surface area contributed by atoms with Crippen molar-refractivity contribution >= 4 is 33.3 Å². The van der Waals surface area contributed by atoms with E-state index in [1.807, 2.05) is 19.2 Å². The molecule has 2 aliphatic rings. The summed E-state index contributed by atoms with van der Waals surface area (Å²) < 4.78 is 29.0. The van der Waals surface area contributed by atoms with Gasteiger partial charge in [0.25, 0.3) is 0 Å². The molecule has 3 aromatic rings. The second kappa shape index (κ2) is 8.98. The third-order valence-corrected chi connectivity index (χ3v) is 7.80. The highest BCUT2D eigenvalue weighted by molar-refractivity contribution is 7.21. The normalized spacial score (nSPS) is 20.9. The molecule has 0 bridgehead atoms. The van der Waals surface area contributed by atoms with Crippen molar-refractivity contribution < 1.29 is 8.78 Å². The van der Waals surface area contributed by atoms with Crippen LogP contribution in [0.5, 0.6) is 0 Å². The Balaban J connectivity index is 1.52. The van der Waals surface area contributed by atoms with Gasteiger partial charge in [-0.3, -0.25) is 4.98 Å². The van der Waals surface area contributed by atoms with Gasteiger partial charge in [-0.1, -0.05) is 13.8 Å². The summed E-state index contributed by atoms with van der Waals surface area (Å²) in [5.41, 5.74) is 3.71. The van der Waals surface area contributed by atoms with Crippen LogP contribution in [0, 0.1) is 18.8 Å². The highest BCUT2D eigenvalue weighted by Crippen LogP contribution is 2.45. The molecule has 2 fully saturated rings. The van der Waals surface area contributed by atoms with Gasteiger partial charge in [0.2, 0.25) is 11.9 Å². The summed E-state index contributed by atoms with van der Waals surface area (Å²) in [7, 11) is 0. The van der Waals surface area contributed by atoms with Crippen molar-refractivity contribution in [3.8, 4) is 10.6 Å². The Bertz CT molecular complexity index is 1180. The van der Waals surface area contributed by atoms with Crippen LogP contribution in [-0.4, -0.2) is 38.4 Å². The quantitative estimate of drug-likeness (QED) is 0.372. The summed E-state index contributed by atoms with van der Waals surface area (Å²) in [6, 6.07) is 1.95. The molecular weight excluding hydrogens is 454 g/mol. The fourth-order valence-electron chi connectivity index (χ4n) is 4.71. The predicted octanol–water partition coefficient (Wildman–Crippen LogP) is 6.64. The fraction of sp³-hybridized carbons (Fsp3) is 0.600. The van der Waals surface area contributed by atoms with E-state index < -0.39 is 11.8 Å². The maximum Gasteiger partial charge on any atom is 0.248 e. The molecule has 3 heterocycles. The lowest BCUT2D eigenvalue weighted by Crippen LogP contribution is -2.24. The van der Waals surface area contributed by atoms with E-state index in [9.17, 15) is 8.78 Å². The maximum absolute atomic E-state index is 13.9. The van der Waals surface area contributed by atoms with Gasteiger partial charge in [-0.25, -0.2) is 18.7 Å². The molecule has 0 radical (unpaired) electrons. The van der Waals surface area contributed by atoms with Crippen molar-refractivity contribution in [2.24, 2.45) is 11.8 Å². The van der Waals surface area contributed by atoms with Crippen molar-refractivity contribution in [3.63, 3.8) is 0 Å². The largest absolute Gasteiger partial charge is 0.367 e. The summed E-state index contributed by atoms with van der Waals surface area (Å²) in [5.74, 6) is -1.10. The molecule has 2 saturated carbocycles. The number of fused-ring (bicyclic) bond motifs is 1. The standard InChI is InChI=1S/C25H32F2N6S/c1-13(2)12-29-24-30-14(3)19(22(33-24)31-17-8-7-16(11-17)25(4,26)27)23-32-21-18(34-23)9-10-28-20(21)15-5-6-15/h9-10,13,15-17H,5-8,11-12H2,1-4H3,(H2,29,30,31,33). The first-order valence-corrected chi connectivity index (χ1v) is 13.0. The monoisotopic (exact) mass is 486 g/mol. The number of rotatable bonds is 8. The SMILES string of the molecule is Cc1nc(NCC(C)C)nc(NC2CCC(C(C)(F)F)C2)c1-c1nc2c(C3CC3)nccc2s1. The predicted molar refractivity (Wildman–Crippen MR) is 134 cm³/mol. The second-order valence-corrected chi connectivity index (χ2v) is 11.3. The third-order valence-electron chi connectivity index (χ3n) is 6.76. The number of anilines is 2. The number of aromatic nitrogens is 4. The van der Waals surface area contributed by atoms with Gasteiger partial charge in [0.05, 0.1) is 21.7 Å². The number of pyridine rings is 1. The van der Waals surface area contributed by atoms with Crippen LogP contribution in [0.4, 0.5) is 20.5 Å². The average Bonchev–Trinajstić information content (AvgIpc) is 3.33. The molecule has 9 heteroatoms. The Kier molecular flexibility index (Phi) is 6.16. The number of nitrogens with one attached hydrogen (secondary N) is 2. The summed E-state index contributed by atoms with van der Waals surface area (Å²) in [4.78, 5) is 19.1. The molecule has 0 amide bonds. The summed E-state index contributed by atoms with van der Waals surface area (Å²) >= 11 is 1.61. The molecule has 2 N–H and O–H groups in total.